The second kappa shape index (κ2) is 2.51. The normalized spacial score (nSPS) is 17.8. The maximum atomic E-state index is 5.91. The predicted molar refractivity (Wildman–Crippen MR) is 48.9 cm³/mol. The Balaban J connectivity index is 2.36. The molecule has 1 aliphatic carbocycles. The molecule has 0 amide bonds. The van der Waals surface area contributed by atoms with Gasteiger partial charge in [0, 0.05) is 13.0 Å². The summed E-state index contributed by atoms with van der Waals surface area (Å²) in [6.07, 6.45) is 3.86. The minimum absolute atomic E-state index is 0.643. The summed E-state index contributed by atoms with van der Waals surface area (Å²) in [7, 11) is 1.97. The molecule has 2 rings (SSSR count). The molecule has 3 heteroatoms. The van der Waals surface area contributed by atoms with E-state index in [9.17, 15) is 0 Å². The fourth-order valence-corrected chi connectivity index (χ4v) is 1.63. The fraction of sp³-hybridized carbons (Fsp3) is 0.667. The zero-order valence-electron chi connectivity index (χ0n) is 7.67. The lowest BCUT2D eigenvalue weighted by molar-refractivity contribution is 0.413. The molecule has 12 heavy (non-hydrogen) atoms. The first-order valence-electron chi connectivity index (χ1n) is 4.49. The van der Waals surface area contributed by atoms with Crippen LogP contribution in [0.15, 0.2) is 0 Å². The number of nitrogens with two attached hydrogens (primary N) is 1. The average Bonchev–Trinajstić information content (AvgIpc) is 2.15. The lowest BCUT2D eigenvalue weighted by Crippen LogP contribution is -2.11. The quantitative estimate of drug-likeness (QED) is 0.686. The third kappa shape index (κ3) is 0.924. The van der Waals surface area contributed by atoms with Crippen LogP contribution in [0.4, 0.5) is 5.82 Å². The summed E-state index contributed by atoms with van der Waals surface area (Å²) in [6, 6.07) is 0. The van der Waals surface area contributed by atoms with E-state index in [1.54, 1.807) is 0 Å². The number of aryl methyl sites for hydroxylation is 1. The first-order chi connectivity index (χ1) is 5.70. The largest absolute Gasteiger partial charge is 0.384 e. The molecule has 0 spiro atoms. The summed E-state index contributed by atoms with van der Waals surface area (Å²) < 4.78 is 1.97. The van der Waals surface area contributed by atoms with Gasteiger partial charge in [0.15, 0.2) is 0 Å². The second-order valence-electron chi connectivity index (χ2n) is 3.62. The number of rotatable bonds is 1. The van der Waals surface area contributed by atoms with Gasteiger partial charge in [-0.1, -0.05) is 6.42 Å². The fourth-order valence-electron chi connectivity index (χ4n) is 1.63. The Morgan fingerprint density at radius 1 is 1.50 bits per heavy atom. The van der Waals surface area contributed by atoms with Crippen LogP contribution in [0.3, 0.4) is 0 Å². The highest BCUT2D eigenvalue weighted by molar-refractivity contribution is 5.40. The van der Waals surface area contributed by atoms with Gasteiger partial charge in [0.2, 0.25) is 0 Å². The molecular weight excluding hydrogens is 150 g/mol. The molecule has 0 aliphatic heterocycles. The Morgan fingerprint density at radius 3 is 2.50 bits per heavy atom. The lowest BCUT2D eigenvalue weighted by Gasteiger charge is -2.23. The van der Waals surface area contributed by atoms with Gasteiger partial charge >= 0.3 is 0 Å². The maximum absolute atomic E-state index is 5.91. The minimum atomic E-state index is 0.643. The SMILES string of the molecule is Cc1nc(C2CCC2)c(N)n1C. The summed E-state index contributed by atoms with van der Waals surface area (Å²) in [6.45, 7) is 2.00. The van der Waals surface area contributed by atoms with Crippen LogP contribution in [-0.2, 0) is 7.05 Å². The van der Waals surface area contributed by atoms with Crippen molar-refractivity contribution in [3.8, 4) is 0 Å². The van der Waals surface area contributed by atoms with E-state index in [4.69, 9.17) is 5.73 Å². The number of hydrogen-bond donors (Lipinski definition) is 1. The van der Waals surface area contributed by atoms with Crippen molar-refractivity contribution in [1.82, 2.24) is 9.55 Å². The Kier molecular flexibility index (Phi) is 1.60. The number of nitrogen functional groups attached to an aromatic ring is 1. The molecule has 0 unspecified atom stereocenters. The summed E-state index contributed by atoms with van der Waals surface area (Å²) in [5, 5.41) is 0. The van der Waals surface area contributed by atoms with Crippen molar-refractivity contribution >= 4 is 5.82 Å². The highest BCUT2D eigenvalue weighted by Crippen LogP contribution is 2.38. The molecule has 1 fully saturated rings. The van der Waals surface area contributed by atoms with E-state index in [0.717, 1.165) is 17.3 Å². The minimum Gasteiger partial charge on any atom is -0.384 e. The molecule has 0 saturated heterocycles. The molecule has 2 N–H and O–H groups in total. The van der Waals surface area contributed by atoms with E-state index in [1.165, 1.54) is 19.3 Å². The highest BCUT2D eigenvalue weighted by Gasteiger charge is 2.25. The molecule has 1 heterocycles. The predicted octanol–water partition coefficient (Wildman–Crippen LogP) is 1.58. The molecule has 0 aromatic carbocycles. The van der Waals surface area contributed by atoms with Gasteiger partial charge in [0.1, 0.15) is 11.6 Å². The summed E-state index contributed by atoms with van der Waals surface area (Å²) >= 11 is 0. The van der Waals surface area contributed by atoms with Crippen molar-refractivity contribution in [2.75, 3.05) is 5.73 Å². The van der Waals surface area contributed by atoms with Gasteiger partial charge in [-0.2, -0.15) is 0 Å². The first kappa shape index (κ1) is 7.65. The topological polar surface area (TPSA) is 43.8 Å². The van der Waals surface area contributed by atoms with E-state index < -0.39 is 0 Å². The van der Waals surface area contributed by atoms with Crippen molar-refractivity contribution in [3.63, 3.8) is 0 Å². The molecule has 66 valence electrons. The van der Waals surface area contributed by atoms with Crippen LogP contribution in [0.25, 0.3) is 0 Å². The third-order valence-corrected chi connectivity index (χ3v) is 2.88. The van der Waals surface area contributed by atoms with E-state index in [0.29, 0.717) is 5.92 Å². The molecule has 3 nitrogen and oxygen atoms in total. The summed E-state index contributed by atoms with van der Waals surface area (Å²) in [4.78, 5) is 4.47. The number of imidazole rings is 1. The molecule has 0 bridgehead atoms. The van der Waals surface area contributed by atoms with Crippen LogP contribution >= 0.6 is 0 Å². The Bertz CT molecular complexity index is 297. The van der Waals surface area contributed by atoms with Crippen molar-refractivity contribution in [2.24, 2.45) is 7.05 Å². The van der Waals surface area contributed by atoms with Gasteiger partial charge < -0.3 is 10.3 Å². The van der Waals surface area contributed by atoms with Crippen LogP contribution < -0.4 is 5.73 Å². The monoisotopic (exact) mass is 165 g/mol. The number of hydrogen-bond acceptors (Lipinski definition) is 2. The maximum Gasteiger partial charge on any atom is 0.126 e. The first-order valence-corrected chi connectivity index (χ1v) is 4.49. The van der Waals surface area contributed by atoms with E-state index in [1.807, 2.05) is 18.5 Å². The van der Waals surface area contributed by atoms with Gasteiger partial charge in [0.05, 0.1) is 5.69 Å². The second-order valence-corrected chi connectivity index (χ2v) is 3.62. The van der Waals surface area contributed by atoms with Crippen molar-refractivity contribution in [2.45, 2.75) is 32.1 Å². The van der Waals surface area contributed by atoms with E-state index >= 15 is 0 Å². The van der Waals surface area contributed by atoms with Crippen LogP contribution in [-0.4, -0.2) is 9.55 Å². The highest BCUT2D eigenvalue weighted by atomic mass is 15.1. The van der Waals surface area contributed by atoms with Gasteiger partial charge in [0.25, 0.3) is 0 Å². The number of nitrogens with zero attached hydrogens (tertiary/aromatic N) is 2. The molecule has 1 aliphatic rings. The molecule has 1 aromatic rings. The third-order valence-electron chi connectivity index (χ3n) is 2.88. The van der Waals surface area contributed by atoms with Gasteiger partial charge in [-0.15, -0.1) is 0 Å². The molecule has 0 radical (unpaired) electrons. The lowest BCUT2D eigenvalue weighted by atomic mass is 9.83. The Morgan fingerprint density at radius 2 is 2.17 bits per heavy atom. The summed E-state index contributed by atoms with van der Waals surface area (Å²) in [5.41, 5.74) is 7.04. The Hall–Kier alpha value is -0.990. The zero-order chi connectivity index (χ0) is 8.72. The standard InChI is InChI=1S/C9H15N3/c1-6-11-8(7-4-3-5-7)9(10)12(6)2/h7H,3-5,10H2,1-2H3. The zero-order valence-corrected chi connectivity index (χ0v) is 7.67. The summed E-state index contributed by atoms with van der Waals surface area (Å²) in [5.74, 6) is 2.52. The number of anilines is 1. The molecular formula is C9H15N3. The van der Waals surface area contributed by atoms with Gasteiger partial charge in [-0.3, -0.25) is 0 Å². The van der Waals surface area contributed by atoms with Gasteiger partial charge in [-0.25, -0.2) is 4.98 Å². The van der Waals surface area contributed by atoms with Crippen LogP contribution in [0.1, 0.15) is 36.7 Å². The molecule has 1 aromatic heterocycles. The molecule has 1 saturated carbocycles. The molecule has 0 atom stereocenters. The van der Waals surface area contributed by atoms with Crippen LogP contribution in [0.2, 0.25) is 0 Å². The smallest absolute Gasteiger partial charge is 0.126 e. The number of aromatic nitrogens is 2. The van der Waals surface area contributed by atoms with Crippen molar-refractivity contribution in [1.29, 1.82) is 0 Å². The van der Waals surface area contributed by atoms with Gasteiger partial charge in [-0.05, 0) is 19.8 Å². The van der Waals surface area contributed by atoms with E-state index in [-0.39, 0.29) is 0 Å². The van der Waals surface area contributed by atoms with E-state index in [2.05, 4.69) is 4.98 Å². The average molecular weight is 165 g/mol. The van der Waals surface area contributed by atoms with Crippen LogP contribution in [0.5, 0.6) is 0 Å². The van der Waals surface area contributed by atoms with Crippen molar-refractivity contribution < 1.29 is 0 Å². The Labute approximate surface area is 72.6 Å². The van der Waals surface area contributed by atoms with Crippen LogP contribution in [0, 0.1) is 6.92 Å². The van der Waals surface area contributed by atoms with Crippen molar-refractivity contribution in [3.05, 3.63) is 11.5 Å².